The van der Waals surface area contributed by atoms with E-state index in [4.69, 9.17) is 11.6 Å². The molecule has 0 aliphatic carbocycles. The maximum atomic E-state index is 11.5. The van der Waals surface area contributed by atoms with Crippen molar-refractivity contribution in [2.75, 3.05) is 11.4 Å². The summed E-state index contributed by atoms with van der Waals surface area (Å²) in [5.74, 6) is -0.335. The molecule has 1 amide bonds. The highest BCUT2D eigenvalue weighted by atomic mass is 35.5. The van der Waals surface area contributed by atoms with Crippen LogP contribution in [0.3, 0.4) is 0 Å². The molecule has 1 radical (unpaired) electrons. The van der Waals surface area contributed by atoms with Gasteiger partial charge in [-0.2, -0.15) is 5.10 Å². The first-order valence-corrected chi connectivity index (χ1v) is 5.26. The Balaban J connectivity index is 2.41. The van der Waals surface area contributed by atoms with E-state index in [1.807, 2.05) is 4.90 Å². The van der Waals surface area contributed by atoms with Crippen molar-refractivity contribution in [2.45, 2.75) is 19.0 Å². The summed E-state index contributed by atoms with van der Waals surface area (Å²) in [6.45, 7) is 2.82. The molecular weight excluding hydrogens is 216 g/mol. The second kappa shape index (κ2) is 3.73. The first-order chi connectivity index (χ1) is 7.13. The predicted molar refractivity (Wildman–Crippen MR) is 57.0 cm³/mol. The first kappa shape index (κ1) is 10.3. The smallest absolute Gasteiger partial charge is 0.298 e. The molecular formula is C9H12ClN4O. The van der Waals surface area contributed by atoms with Gasteiger partial charge in [-0.25, -0.2) is 5.32 Å². The Morgan fingerprint density at radius 2 is 2.33 bits per heavy atom. The van der Waals surface area contributed by atoms with E-state index in [1.165, 1.54) is 0 Å². The Morgan fingerprint density at radius 3 is 3.00 bits per heavy atom. The Labute approximate surface area is 93.0 Å². The molecule has 1 atom stereocenters. The minimum Gasteiger partial charge on any atom is -0.334 e. The molecule has 0 saturated carbocycles. The van der Waals surface area contributed by atoms with Gasteiger partial charge >= 0.3 is 0 Å². The molecule has 1 aromatic rings. The lowest BCUT2D eigenvalue weighted by molar-refractivity contribution is 0.0930. The second-order valence-electron chi connectivity index (χ2n) is 3.47. The normalized spacial score (nSPS) is 20.1. The summed E-state index contributed by atoms with van der Waals surface area (Å²) < 4.78 is 1.61. The monoisotopic (exact) mass is 227 g/mol. The zero-order valence-electron chi connectivity index (χ0n) is 8.64. The molecule has 1 aliphatic heterocycles. The van der Waals surface area contributed by atoms with Crippen LogP contribution in [0.5, 0.6) is 0 Å². The van der Waals surface area contributed by atoms with Crippen molar-refractivity contribution in [1.82, 2.24) is 15.1 Å². The van der Waals surface area contributed by atoms with E-state index in [0.717, 1.165) is 18.7 Å². The Bertz CT molecular complexity index is 389. The van der Waals surface area contributed by atoms with Gasteiger partial charge in [0.05, 0.1) is 5.69 Å². The quantitative estimate of drug-likeness (QED) is 0.558. The molecule has 1 unspecified atom stereocenters. The number of alkyl halides is 1. The van der Waals surface area contributed by atoms with Gasteiger partial charge in [-0.3, -0.25) is 9.48 Å². The maximum Gasteiger partial charge on any atom is 0.298 e. The molecule has 81 valence electrons. The zero-order chi connectivity index (χ0) is 11.0. The molecule has 1 aliphatic rings. The van der Waals surface area contributed by atoms with Gasteiger partial charge in [0, 0.05) is 19.8 Å². The predicted octanol–water partition coefficient (Wildman–Crippen LogP) is 0.917. The van der Waals surface area contributed by atoms with Gasteiger partial charge < -0.3 is 4.90 Å². The highest BCUT2D eigenvalue weighted by Crippen LogP contribution is 2.27. The summed E-state index contributed by atoms with van der Waals surface area (Å²) in [6.07, 6.45) is 2.74. The summed E-state index contributed by atoms with van der Waals surface area (Å²) in [7, 11) is 1.78. The number of hydrogen-bond acceptors (Lipinski definition) is 3. The number of fused-ring (bicyclic) bond motifs is 1. The van der Waals surface area contributed by atoms with E-state index in [-0.39, 0.29) is 5.91 Å². The average Bonchev–Trinajstić information content (AvgIpc) is 2.55. The fraction of sp³-hybridized carbons (Fsp3) is 0.556. The van der Waals surface area contributed by atoms with E-state index < -0.39 is 5.62 Å². The van der Waals surface area contributed by atoms with Crippen LogP contribution in [-0.2, 0) is 7.05 Å². The number of aryl methyl sites for hydroxylation is 1. The molecule has 5 nitrogen and oxygen atoms in total. The number of hydrogen-bond donors (Lipinski definition) is 0. The van der Waals surface area contributed by atoms with Gasteiger partial charge in [0.2, 0.25) is 5.62 Å². The average molecular weight is 228 g/mol. The molecule has 0 spiro atoms. The standard InChI is InChI=1S/C9H12ClN4O/c1-3-4-14-6-5-13(2)12-7(6)8(15)11-9(14)10/h5,9H,3-4H2,1-2H3. The third-order valence-corrected chi connectivity index (χ3v) is 2.60. The molecule has 0 bridgehead atoms. The van der Waals surface area contributed by atoms with Gasteiger partial charge in [-0.1, -0.05) is 18.5 Å². The van der Waals surface area contributed by atoms with Gasteiger partial charge in [0.25, 0.3) is 5.91 Å². The van der Waals surface area contributed by atoms with E-state index in [9.17, 15) is 4.79 Å². The number of carbonyl (C=O) groups excluding carboxylic acids is 1. The van der Waals surface area contributed by atoms with Crippen LogP contribution in [0.1, 0.15) is 23.8 Å². The van der Waals surface area contributed by atoms with Crippen molar-refractivity contribution >= 4 is 23.2 Å². The molecule has 2 rings (SSSR count). The van der Waals surface area contributed by atoms with Gasteiger partial charge in [0.15, 0.2) is 5.69 Å². The highest BCUT2D eigenvalue weighted by molar-refractivity contribution is 6.24. The summed E-state index contributed by atoms with van der Waals surface area (Å²) in [4.78, 5) is 13.4. The van der Waals surface area contributed by atoms with Crippen molar-refractivity contribution in [3.8, 4) is 0 Å². The molecule has 1 aromatic heterocycles. The van der Waals surface area contributed by atoms with Crippen LogP contribution in [0.15, 0.2) is 6.20 Å². The number of nitrogens with zero attached hydrogens (tertiary/aromatic N) is 4. The van der Waals surface area contributed by atoms with Gasteiger partial charge in [0.1, 0.15) is 0 Å². The minimum absolute atomic E-state index is 0.335. The molecule has 15 heavy (non-hydrogen) atoms. The fourth-order valence-electron chi connectivity index (χ4n) is 1.65. The van der Waals surface area contributed by atoms with Crippen LogP contribution in [0.4, 0.5) is 5.69 Å². The molecule has 0 saturated heterocycles. The molecule has 2 heterocycles. The fourth-order valence-corrected chi connectivity index (χ4v) is 1.94. The third kappa shape index (κ3) is 1.67. The largest absolute Gasteiger partial charge is 0.334 e. The van der Waals surface area contributed by atoms with Gasteiger partial charge in [-0.05, 0) is 6.42 Å². The molecule has 0 aromatic carbocycles. The van der Waals surface area contributed by atoms with E-state index in [0.29, 0.717) is 5.69 Å². The third-order valence-electron chi connectivity index (χ3n) is 2.27. The van der Waals surface area contributed by atoms with Crippen molar-refractivity contribution < 1.29 is 4.79 Å². The lowest BCUT2D eigenvalue weighted by atomic mass is 10.2. The second-order valence-corrected chi connectivity index (χ2v) is 3.87. The number of aromatic nitrogens is 2. The van der Waals surface area contributed by atoms with Crippen LogP contribution in [-0.4, -0.2) is 27.9 Å². The maximum absolute atomic E-state index is 11.5. The lowest BCUT2D eigenvalue weighted by Crippen LogP contribution is -2.45. The van der Waals surface area contributed by atoms with E-state index >= 15 is 0 Å². The first-order valence-electron chi connectivity index (χ1n) is 4.83. The summed E-state index contributed by atoms with van der Waals surface area (Å²) >= 11 is 5.99. The van der Waals surface area contributed by atoms with Gasteiger partial charge in [-0.15, -0.1) is 0 Å². The van der Waals surface area contributed by atoms with Crippen LogP contribution in [0.2, 0.25) is 0 Å². The molecule has 0 N–H and O–H groups in total. The number of anilines is 1. The summed E-state index contributed by atoms with van der Waals surface area (Å²) in [5.41, 5.74) is 0.566. The topological polar surface area (TPSA) is 52.2 Å². The lowest BCUT2D eigenvalue weighted by Gasteiger charge is -2.30. The number of halogens is 1. The van der Waals surface area contributed by atoms with Crippen molar-refractivity contribution in [3.05, 3.63) is 11.9 Å². The van der Waals surface area contributed by atoms with Crippen molar-refractivity contribution in [1.29, 1.82) is 0 Å². The molecule has 6 heteroatoms. The highest BCUT2D eigenvalue weighted by Gasteiger charge is 2.33. The Hall–Kier alpha value is -1.23. The minimum atomic E-state index is -0.603. The van der Waals surface area contributed by atoms with Crippen LogP contribution >= 0.6 is 11.6 Å². The van der Waals surface area contributed by atoms with Crippen LogP contribution in [0, 0.1) is 0 Å². The summed E-state index contributed by atoms with van der Waals surface area (Å²) in [6, 6.07) is 0. The van der Waals surface area contributed by atoms with Crippen LogP contribution < -0.4 is 10.2 Å². The van der Waals surface area contributed by atoms with Crippen molar-refractivity contribution in [3.63, 3.8) is 0 Å². The van der Waals surface area contributed by atoms with E-state index in [2.05, 4.69) is 17.3 Å². The summed E-state index contributed by atoms with van der Waals surface area (Å²) in [5, 5.41) is 7.89. The zero-order valence-corrected chi connectivity index (χ0v) is 9.40. The SMILES string of the molecule is CCCN1c2cn(C)nc2C(=O)[N]C1Cl. The Morgan fingerprint density at radius 1 is 1.60 bits per heavy atom. The van der Waals surface area contributed by atoms with E-state index in [1.54, 1.807) is 17.9 Å². The molecule has 0 fully saturated rings. The number of carbonyl (C=O) groups is 1. The van der Waals surface area contributed by atoms with Crippen LogP contribution in [0.25, 0.3) is 0 Å². The number of amides is 1. The number of rotatable bonds is 2. The van der Waals surface area contributed by atoms with Crippen molar-refractivity contribution in [2.24, 2.45) is 7.05 Å². The Kier molecular flexibility index (Phi) is 2.56.